The first kappa shape index (κ1) is 23.1. The summed E-state index contributed by atoms with van der Waals surface area (Å²) in [5, 5.41) is 15.1. The number of nitrogens with one attached hydrogen (secondary N) is 2. The van der Waals surface area contributed by atoms with Crippen LogP contribution in [0.2, 0.25) is 0 Å². The van der Waals surface area contributed by atoms with Gasteiger partial charge >= 0.3 is 0 Å². The standard InChI is InChI=1S/C22H25N7O2S/c1-4-7-25-20(30)17(14-23)22-29(5-2)21(31)18(32-22)15-26-16-6-8-24-19(13-16)28-11-9-27(3)10-12-28/h1,6,8,13,15H,5,7,9-12H2,2-3H3,(H,24,26)(H,25,30). The third kappa shape index (κ3) is 5.17. The minimum absolute atomic E-state index is 0.00393. The van der Waals surface area contributed by atoms with Crippen molar-refractivity contribution in [3.63, 3.8) is 0 Å². The van der Waals surface area contributed by atoms with Crippen molar-refractivity contribution >= 4 is 40.5 Å². The van der Waals surface area contributed by atoms with Crippen molar-refractivity contribution in [1.82, 2.24) is 19.8 Å². The Morgan fingerprint density at radius 2 is 2.12 bits per heavy atom. The quantitative estimate of drug-likeness (QED) is 0.562. The molecular formula is C22H25N7O2S. The second-order valence-electron chi connectivity index (χ2n) is 7.18. The average Bonchev–Trinajstić information content (AvgIpc) is 3.12. The summed E-state index contributed by atoms with van der Waals surface area (Å²) >= 11 is 1.09. The molecule has 32 heavy (non-hydrogen) atoms. The Balaban J connectivity index is 1.92. The molecule has 0 atom stereocenters. The van der Waals surface area contributed by atoms with Crippen molar-refractivity contribution in [2.24, 2.45) is 0 Å². The minimum Gasteiger partial charge on any atom is -0.360 e. The third-order valence-corrected chi connectivity index (χ3v) is 6.20. The molecule has 0 radical (unpaired) electrons. The summed E-state index contributed by atoms with van der Waals surface area (Å²) in [7, 11) is 2.10. The Morgan fingerprint density at radius 1 is 1.38 bits per heavy atom. The van der Waals surface area contributed by atoms with Gasteiger partial charge in [-0.05, 0) is 20.0 Å². The molecule has 3 heterocycles. The van der Waals surface area contributed by atoms with Crippen LogP contribution in [0.15, 0.2) is 23.1 Å². The fraction of sp³-hybridized carbons (Fsp3) is 0.364. The van der Waals surface area contributed by atoms with Gasteiger partial charge in [0.15, 0.2) is 5.57 Å². The highest BCUT2D eigenvalue weighted by atomic mass is 32.1. The fourth-order valence-electron chi connectivity index (χ4n) is 3.27. The number of terminal acetylenes is 1. The SMILES string of the molecule is C#CCNC(=O)C(C#N)=c1sc(=CNc2ccnc(N3CCN(C)CC3)c2)c(=O)n1CC. The molecule has 0 spiro atoms. The van der Waals surface area contributed by atoms with Crippen LogP contribution >= 0.6 is 11.3 Å². The lowest BCUT2D eigenvalue weighted by molar-refractivity contribution is -0.115. The van der Waals surface area contributed by atoms with E-state index in [4.69, 9.17) is 6.42 Å². The second-order valence-corrected chi connectivity index (χ2v) is 8.21. The number of aromatic nitrogens is 2. The Morgan fingerprint density at radius 3 is 2.78 bits per heavy atom. The lowest BCUT2D eigenvalue weighted by atomic mass is 10.3. The van der Waals surface area contributed by atoms with Crippen molar-refractivity contribution in [1.29, 1.82) is 5.26 Å². The van der Waals surface area contributed by atoms with Crippen molar-refractivity contribution in [3.05, 3.63) is 37.9 Å². The molecule has 1 saturated heterocycles. The first-order valence-corrected chi connectivity index (χ1v) is 11.0. The number of amides is 1. The van der Waals surface area contributed by atoms with E-state index in [1.54, 1.807) is 19.3 Å². The molecule has 166 valence electrons. The zero-order chi connectivity index (χ0) is 23.1. The highest BCUT2D eigenvalue weighted by Crippen LogP contribution is 2.17. The van der Waals surface area contributed by atoms with Gasteiger partial charge in [0.2, 0.25) is 0 Å². The van der Waals surface area contributed by atoms with E-state index < -0.39 is 5.91 Å². The molecule has 1 aliphatic rings. The summed E-state index contributed by atoms with van der Waals surface area (Å²) in [4.78, 5) is 34.1. The van der Waals surface area contributed by atoms with Crippen LogP contribution in [-0.2, 0) is 11.3 Å². The van der Waals surface area contributed by atoms with Gasteiger partial charge in [-0.1, -0.05) is 5.92 Å². The van der Waals surface area contributed by atoms with E-state index in [1.807, 2.05) is 18.2 Å². The lowest BCUT2D eigenvalue weighted by Gasteiger charge is -2.33. The molecule has 0 bridgehead atoms. The molecule has 2 aromatic rings. The third-order valence-electron chi connectivity index (χ3n) is 5.07. The smallest absolute Gasteiger partial charge is 0.270 e. The topological polar surface area (TPSA) is 106 Å². The lowest BCUT2D eigenvalue weighted by Crippen LogP contribution is -2.44. The van der Waals surface area contributed by atoms with E-state index in [0.717, 1.165) is 49.0 Å². The maximum absolute atomic E-state index is 12.8. The monoisotopic (exact) mass is 451 g/mol. The van der Waals surface area contributed by atoms with Gasteiger partial charge in [-0.2, -0.15) is 5.26 Å². The number of likely N-dealkylation sites (N-methyl/N-ethyl adjacent to an activating group) is 1. The van der Waals surface area contributed by atoms with Crippen LogP contribution in [0.5, 0.6) is 0 Å². The molecule has 2 aromatic heterocycles. The number of thiazole rings is 1. The molecule has 3 rings (SSSR count). The van der Waals surface area contributed by atoms with Gasteiger partial charge in [-0.25, -0.2) is 4.98 Å². The van der Waals surface area contributed by atoms with Crippen LogP contribution in [0, 0.1) is 23.7 Å². The number of nitrogens with zero attached hydrogens (tertiary/aromatic N) is 5. The van der Waals surface area contributed by atoms with Crippen LogP contribution in [0.4, 0.5) is 11.5 Å². The number of carbonyl (C=O) groups is 1. The number of nitriles is 1. The normalized spacial score (nSPS) is 15.6. The Labute approximate surface area is 190 Å². The molecule has 0 unspecified atom stereocenters. The summed E-state index contributed by atoms with van der Waals surface area (Å²) < 4.78 is 2.10. The summed E-state index contributed by atoms with van der Waals surface area (Å²) in [6, 6.07) is 5.66. The molecule has 0 saturated carbocycles. The number of anilines is 2. The van der Waals surface area contributed by atoms with Crippen LogP contribution < -0.4 is 30.3 Å². The highest BCUT2D eigenvalue weighted by Gasteiger charge is 2.16. The van der Waals surface area contributed by atoms with Crippen LogP contribution in [0.3, 0.4) is 0 Å². The molecule has 1 aliphatic heterocycles. The molecular weight excluding hydrogens is 426 g/mol. The molecule has 10 heteroatoms. The van der Waals surface area contributed by atoms with Crippen molar-refractivity contribution in [2.75, 3.05) is 50.0 Å². The molecule has 9 nitrogen and oxygen atoms in total. The Hall–Kier alpha value is -3.60. The molecule has 1 amide bonds. The predicted octanol–water partition coefficient (Wildman–Crippen LogP) is -0.650. The van der Waals surface area contributed by atoms with Gasteiger partial charge < -0.3 is 20.4 Å². The van der Waals surface area contributed by atoms with E-state index in [-0.39, 0.29) is 17.7 Å². The van der Waals surface area contributed by atoms with E-state index in [2.05, 4.69) is 38.4 Å². The highest BCUT2D eigenvalue weighted by molar-refractivity contribution is 7.07. The van der Waals surface area contributed by atoms with Crippen LogP contribution in [0.1, 0.15) is 6.92 Å². The number of carbonyl (C=O) groups excluding carboxylic acids is 1. The van der Waals surface area contributed by atoms with Gasteiger partial charge in [0, 0.05) is 56.9 Å². The van der Waals surface area contributed by atoms with E-state index in [9.17, 15) is 14.9 Å². The van der Waals surface area contributed by atoms with Crippen molar-refractivity contribution in [2.45, 2.75) is 13.5 Å². The number of rotatable bonds is 6. The average molecular weight is 452 g/mol. The van der Waals surface area contributed by atoms with Crippen molar-refractivity contribution < 1.29 is 4.79 Å². The van der Waals surface area contributed by atoms with Crippen LogP contribution in [0.25, 0.3) is 11.8 Å². The molecule has 1 fully saturated rings. The first-order valence-electron chi connectivity index (χ1n) is 10.2. The maximum atomic E-state index is 12.8. The molecule has 0 aliphatic carbocycles. The minimum atomic E-state index is -0.598. The summed E-state index contributed by atoms with van der Waals surface area (Å²) in [6.07, 6.45) is 8.49. The van der Waals surface area contributed by atoms with Gasteiger partial charge in [0.1, 0.15) is 21.1 Å². The van der Waals surface area contributed by atoms with Gasteiger partial charge in [0.05, 0.1) is 6.54 Å². The van der Waals surface area contributed by atoms with E-state index in [1.165, 1.54) is 4.57 Å². The predicted molar refractivity (Wildman–Crippen MR) is 126 cm³/mol. The Kier molecular flexibility index (Phi) is 7.66. The summed E-state index contributed by atoms with van der Waals surface area (Å²) in [5.41, 5.74) is 0.388. The van der Waals surface area contributed by atoms with Gasteiger partial charge in [-0.3, -0.25) is 14.2 Å². The fourth-order valence-corrected chi connectivity index (χ4v) is 4.36. The number of hydrogen-bond donors (Lipinski definition) is 2. The first-order chi connectivity index (χ1) is 15.5. The zero-order valence-electron chi connectivity index (χ0n) is 18.1. The Bertz CT molecular complexity index is 1240. The van der Waals surface area contributed by atoms with Crippen LogP contribution in [-0.4, -0.2) is 60.1 Å². The molecule has 0 aromatic carbocycles. The molecule has 2 N–H and O–H groups in total. The largest absolute Gasteiger partial charge is 0.360 e. The second kappa shape index (κ2) is 10.6. The van der Waals surface area contributed by atoms with Crippen molar-refractivity contribution in [3.8, 4) is 18.4 Å². The zero-order valence-corrected chi connectivity index (χ0v) is 18.9. The number of piperazine rings is 1. The number of hydrogen-bond acceptors (Lipinski definition) is 8. The summed E-state index contributed by atoms with van der Waals surface area (Å²) in [5.74, 6) is 2.57. The summed E-state index contributed by atoms with van der Waals surface area (Å²) in [6.45, 7) is 5.88. The van der Waals surface area contributed by atoms with E-state index in [0.29, 0.717) is 15.7 Å². The van der Waals surface area contributed by atoms with Gasteiger partial charge in [-0.15, -0.1) is 17.8 Å². The number of pyridine rings is 1. The maximum Gasteiger partial charge on any atom is 0.270 e. The van der Waals surface area contributed by atoms with E-state index >= 15 is 0 Å². The van der Waals surface area contributed by atoms with Gasteiger partial charge in [0.25, 0.3) is 11.5 Å².